The van der Waals surface area contributed by atoms with Gasteiger partial charge in [-0.1, -0.05) is 19.1 Å². The van der Waals surface area contributed by atoms with Crippen LogP contribution in [0.5, 0.6) is 5.75 Å². The van der Waals surface area contributed by atoms with E-state index in [1.54, 1.807) is 4.31 Å². The van der Waals surface area contributed by atoms with Gasteiger partial charge >= 0.3 is 0 Å². The summed E-state index contributed by atoms with van der Waals surface area (Å²) in [6, 6.07) is 9.63. The van der Waals surface area contributed by atoms with Crippen molar-refractivity contribution in [3.63, 3.8) is 0 Å². The molecule has 4 rings (SSSR count). The molecule has 0 spiro atoms. The number of benzene rings is 1. The van der Waals surface area contributed by atoms with Crippen LogP contribution in [-0.2, 0) is 16.4 Å². The zero-order valence-corrected chi connectivity index (χ0v) is 21.4. The predicted molar refractivity (Wildman–Crippen MR) is 133 cm³/mol. The fourth-order valence-corrected chi connectivity index (χ4v) is 6.62. The van der Waals surface area contributed by atoms with Crippen LogP contribution < -0.4 is 4.74 Å². The summed E-state index contributed by atoms with van der Waals surface area (Å²) < 4.78 is 43.9. The van der Waals surface area contributed by atoms with Crippen LogP contribution in [-0.4, -0.2) is 44.2 Å². The number of ether oxygens (including phenoxy) is 1. The van der Waals surface area contributed by atoms with Gasteiger partial charge in [-0.15, -0.1) is 0 Å². The number of rotatable bonds is 8. The van der Waals surface area contributed by atoms with Gasteiger partial charge in [-0.25, -0.2) is 17.1 Å². The van der Waals surface area contributed by atoms with Crippen LogP contribution in [0.15, 0.2) is 36.5 Å². The molecule has 0 unspecified atom stereocenters. The molecular formula is C27H37FN2O3S. The normalized spacial score (nSPS) is 23.2. The van der Waals surface area contributed by atoms with Crippen molar-refractivity contribution in [3.05, 3.63) is 59.2 Å². The van der Waals surface area contributed by atoms with Crippen molar-refractivity contribution < 1.29 is 17.5 Å². The number of aromatic nitrogens is 1. The van der Waals surface area contributed by atoms with Gasteiger partial charge in [0.2, 0.25) is 10.0 Å². The third-order valence-electron chi connectivity index (χ3n) is 7.83. The molecule has 34 heavy (non-hydrogen) atoms. The number of pyridine rings is 1. The van der Waals surface area contributed by atoms with Crippen molar-refractivity contribution >= 4 is 10.0 Å². The third kappa shape index (κ3) is 6.16. The van der Waals surface area contributed by atoms with Crippen molar-refractivity contribution in [1.82, 2.24) is 9.29 Å². The van der Waals surface area contributed by atoms with Crippen molar-refractivity contribution in [2.24, 2.45) is 11.8 Å². The molecule has 2 aliphatic rings. The number of hydrogen-bond donors (Lipinski definition) is 0. The monoisotopic (exact) mass is 488 g/mol. The first kappa shape index (κ1) is 25.1. The quantitative estimate of drug-likeness (QED) is 0.491. The Bertz CT molecular complexity index is 1070. The average molecular weight is 489 g/mol. The maximum atomic E-state index is 13.7. The maximum Gasteiger partial charge on any atom is 0.211 e. The fraction of sp³-hybridized carbons (Fsp3) is 0.593. The van der Waals surface area contributed by atoms with Crippen LogP contribution in [0.1, 0.15) is 74.1 Å². The lowest BCUT2D eigenvalue weighted by Crippen LogP contribution is -2.38. The number of methoxy groups -OCH3 is 1. The smallest absolute Gasteiger partial charge is 0.211 e. The second kappa shape index (κ2) is 10.7. The molecule has 1 saturated heterocycles. The van der Waals surface area contributed by atoms with Gasteiger partial charge in [0.1, 0.15) is 0 Å². The minimum atomic E-state index is -3.07. The van der Waals surface area contributed by atoms with E-state index in [-0.39, 0.29) is 5.82 Å². The van der Waals surface area contributed by atoms with Gasteiger partial charge in [0.15, 0.2) is 11.6 Å². The summed E-state index contributed by atoms with van der Waals surface area (Å²) in [5, 5.41) is 0. The lowest BCUT2D eigenvalue weighted by Gasteiger charge is -2.30. The third-order valence-corrected chi connectivity index (χ3v) is 9.13. The number of nitrogens with zero attached hydrogens (tertiary/aromatic N) is 2. The largest absolute Gasteiger partial charge is 0.494 e. The maximum absolute atomic E-state index is 13.7. The lowest BCUT2D eigenvalue weighted by molar-refractivity contribution is 0.273. The van der Waals surface area contributed by atoms with Crippen LogP contribution in [0.4, 0.5) is 4.39 Å². The Balaban J connectivity index is 1.27. The fourth-order valence-electron chi connectivity index (χ4n) is 5.75. The van der Waals surface area contributed by atoms with Gasteiger partial charge < -0.3 is 4.74 Å². The molecule has 1 saturated carbocycles. The van der Waals surface area contributed by atoms with Crippen LogP contribution in [0.2, 0.25) is 0 Å². The summed E-state index contributed by atoms with van der Waals surface area (Å²) in [6.45, 7) is 3.46. The highest BCUT2D eigenvalue weighted by Crippen LogP contribution is 2.42. The van der Waals surface area contributed by atoms with Crippen LogP contribution >= 0.6 is 0 Å². The number of sulfonamides is 1. The zero-order chi connectivity index (χ0) is 24.3. The first-order valence-electron chi connectivity index (χ1n) is 12.5. The number of piperidine rings is 1. The summed E-state index contributed by atoms with van der Waals surface area (Å²) in [5.41, 5.74) is 3.57. The molecule has 1 aromatic heterocycles. The average Bonchev–Trinajstić information content (AvgIpc) is 3.28. The predicted octanol–water partition coefficient (Wildman–Crippen LogP) is 5.52. The van der Waals surface area contributed by atoms with E-state index in [2.05, 4.69) is 25.3 Å². The summed E-state index contributed by atoms with van der Waals surface area (Å²) in [4.78, 5) is 4.76. The van der Waals surface area contributed by atoms with E-state index in [9.17, 15) is 12.8 Å². The first-order valence-corrected chi connectivity index (χ1v) is 14.3. The topological polar surface area (TPSA) is 59.5 Å². The Hall–Kier alpha value is -1.99. The second-order valence-corrected chi connectivity index (χ2v) is 12.3. The van der Waals surface area contributed by atoms with E-state index in [0.29, 0.717) is 42.5 Å². The second-order valence-electron chi connectivity index (χ2n) is 10.3. The molecule has 7 heteroatoms. The van der Waals surface area contributed by atoms with E-state index in [0.717, 1.165) is 36.9 Å². The van der Waals surface area contributed by atoms with Crippen LogP contribution in [0, 0.1) is 17.7 Å². The van der Waals surface area contributed by atoms with Crippen molar-refractivity contribution in [3.8, 4) is 5.75 Å². The highest BCUT2D eigenvalue weighted by molar-refractivity contribution is 7.88. The van der Waals surface area contributed by atoms with Crippen molar-refractivity contribution in [2.45, 2.75) is 63.7 Å². The molecule has 2 aromatic rings. The van der Waals surface area contributed by atoms with Gasteiger partial charge in [-0.05, 0) is 97.9 Å². The molecule has 186 valence electrons. The Morgan fingerprint density at radius 2 is 1.88 bits per heavy atom. The standard InChI is InChI=1S/C27H37FN2O3S/c1-19(22-7-9-26(28)27(17-22)33-2)14-21-4-5-23(15-21)24-6-8-25(29-18-24)16-20-10-12-30(13-11-20)34(3,31)32/h6-9,17-21,23H,4-5,10-16H2,1-3H3/t19-,21+,23+/m0/s1. The van der Waals surface area contributed by atoms with E-state index >= 15 is 0 Å². The van der Waals surface area contributed by atoms with E-state index in [1.165, 1.54) is 44.3 Å². The summed E-state index contributed by atoms with van der Waals surface area (Å²) in [6.07, 6.45) is 10.8. The Labute approximate surface area is 203 Å². The Morgan fingerprint density at radius 3 is 2.53 bits per heavy atom. The SMILES string of the molecule is COc1cc([C@@H](C)C[C@H]2CC[C@@H](c3ccc(CC4CCN(S(C)(=O)=O)CC4)nc3)C2)ccc1F. The van der Waals surface area contributed by atoms with Gasteiger partial charge in [-0.2, -0.15) is 0 Å². The Morgan fingerprint density at radius 1 is 1.12 bits per heavy atom. The molecule has 0 radical (unpaired) electrons. The lowest BCUT2D eigenvalue weighted by atomic mass is 9.88. The molecule has 1 aromatic carbocycles. The summed E-state index contributed by atoms with van der Waals surface area (Å²) >= 11 is 0. The Kier molecular flexibility index (Phi) is 7.93. The minimum absolute atomic E-state index is 0.310. The molecule has 2 fully saturated rings. The van der Waals surface area contributed by atoms with Crippen molar-refractivity contribution in [2.75, 3.05) is 26.5 Å². The molecule has 0 amide bonds. The van der Waals surface area contributed by atoms with Gasteiger partial charge in [0, 0.05) is 25.0 Å². The number of halogens is 1. The molecule has 3 atom stereocenters. The molecule has 0 N–H and O–H groups in total. The van der Waals surface area contributed by atoms with E-state index in [4.69, 9.17) is 9.72 Å². The molecule has 0 bridgehead atoms. The molecular weight excluding hydrogens is 451 g/mol. The first-order chi connectivity index (χ1) is 16.2. The molecule has 5 nitrogen and oxygen atoms in total. The van der Waals surface area contributed by atoms with E-state index < -0.39 is 10.0 Å². The highest BCUT2D eigenvalue weighted by atomic mass is 32.2. The zero-order valence-electron chi connectivity index (χ0n) is 20.5. The van der Waals surface area contributed by atoms with E-state index in [1.807, 2.05) is 12.1 Å². The minimum Gasteiger partial charge on any atom is -0.494 e. The summed E-state index contributed by atoms with van der Waals surface area (Å²) in [5.74, 6) is 2.09. The van der Waals surface area contributed by atoms with Crippen LogP contribution in [0.3, 0.4) is 0 Å². The van der Waals surface area contributed by atoms with Crippen molar-refractivity contribution in [1.29, 1.82) is 0 Å². The van der Waals surface area contributed by atoms with Gasteiger partial charge in [-0.3, -0.25) is 4.98 Å². The van der Waals surface area contributed by atoms with Gasteiger partial charge in [0.25, 0.3) is 0 Å². The molecule has 1 aliphatic heterocycles. The molecule has 1 aliphatic carbocycles. The molecule has 2 heterocycles. The van der Waals surface area contributed by atoms with Gasteiger partial charge in [0.05, 0.1) is 13.4 Å². The van der Waals surface area contributed by atoms with Crippen LogP contribution in [0.25, 0.3) is 0 Å². The number of hydrogen-bond acceptors (Lipinski definition) is 4. The highest BCUT2D eigenvalue weighted by Gasteiger charge is 2.28. The summed E-state index contributed by atoms with van der Waals surface area (Å²) in [7, 11) is -1.56.